The maximum atomic E-state index is 6.25. The van der Waals surface area contributed by atoms with E-state index >= 15 is 0 Å². The second-order valence-electron chi connectivity index (χ2n) is 4.42. The molecule has 1 rings (SSSR count). The van der Waals surface area contributed by atoms with Crippen LogP contribution in [0.3, 0.4) is 0 Å². The fourth-order valence-electron chi connectivity index (χ4n) is 1.91. The molecule has 0 spiro atoms. The summed E-state index contributed by atoms with van der Waals surface area (Å²) < 4.78 is 13.0. The number of benzene rings is 1. The van der Waals surface area contributed by atoms with E-state index in [-0.39, 0.29) is 15.0 Å². The van der Waals surface area contributed by atoms with E-state index in [2.05, 4.69) is 50.0 Å². The second kappa shape index (κ2) is 8.46. The molecule has 0 saturated heterocycles. The molecule has 4 heteroatoms. The van der Waals surface area contributed by atoms with E-state index in [4.69, 9.17) is 9.16 Å². The second-order valence-corrected chi connectivity index (χ2v) is 11.1. The van der Waals surface area contributed by atoms with Gasteiger partial charge < -0.3 is 0 Å². The van der Waals surface area contributed by atoms with Gasteiger partial charge >= 0.3 is 124 Å². The molecule has 0 radical (unpaired) electrons. The first-order valence-electron chi connectivity index (χ1n) is 6.84. The van der Waals surface area contributed by atoms with E-state index in [0.29, 0.717) is 0 Å². The van der Waals surface area contributed by atoms with Gasteiger partial charge in [0.25, 0.3) is 0 Å². The topological polar surface area (TPSA) is 18.5 Å². The minimum absolute atomic E-state index is 0.266. The van der Waals surface area contributed by atoms with Crippen molar-refractivity contribution < 1.29 is 9.16 Å². The van der Waals surface area contributed by atoms with Gasteiger partial charge in [0, 0.05) is 0 Å². The first-order valence-corrected chi connectivity index (χ1v) is 11.2. The molecular formula is C15H24O2SeSi. The number of hydrogen-bond acceptors (Lipinski definition) is 2. The Hall–Kier alpha value is -0.704. The SMILES string of the molecule is CC[Si](CC)(CC)O/C(=C\[Se]c1ccccc1)OC. The Labute approximate surface area is 124 Å². The van der Waals surface area contributed by atoms with E-state index in [1.165, 1.54) is 4.46 Å². The van der Waals surface area contributed by atoms with E-state index < -0.39 is 8.32 Å². The van der Waals surface area contributed by atoms with E-state index in [9.17, 15) is 0 Å². The molecule has 0 unspecified atom stereocenters. The summed E-state index contributed by atoms with van der Waals surface area (Å²) in [6.07, 6.45) is 0. The van der Waals surface area contributed by atoms with Gasteiger partial charge in [0.2, 0.25) is 0 Å². The van der Waals surface area contributed by atoms with Crippen LogP contribution in [-0.4, -0.2) is 30.4 Å². The molecule has 1 aromatic rings. The number of hydrogen-bond donors (Lipinski definition) is 0. The van der Waals surface area contributed by atoms with Crippen molar-refractivity contribution in [3.63, 3.8) is 0 Å². The van der Waals surface area contributed by atoms with Crippen molar-refractivity contribution in [3.05, 3.63) is 41.3 Å². The Morgan fingerprint density at radius 2 is 1.68 bits per heavy atom. The monoisotopic (exact) mass is 344 g/mol. The fraction of sp³-hybridized carbons (Fsp3) is 0.467. The average Bonchev–Trinajstić information content (AvgIpc) is 2.49. The molecule has 0 atom stereocenters. The van der Waals surface area contributed by atoms with Crippen molar-refractivity contribution >= 4 is 27.7 Å². The number of methoxy groups -OCH3 is 1. The van der Waals surface area contributed by atoms with Crippen LogP contribution >= 0.6 is 0 Å². The average molecular weight is 343 g/mol. The molecule has 106 valence electrons. The Kier molecular flexibility index (Phi) is 7.28. The molecule has 19 heavy (non-hydrogen) atoms. The summed E-state index contributed by atoms with van der Waals surface area (Å²) in [5.74, 6) is 0.723. The third-order valence-corrected chi connectivity index (χ3v) is 9.78. The summed E-state index contributed by atoms with van der Waals surface area (Å²) in [5.41, 5.74) is 0. The van der Waals surface area contributed by atoms with Crippen molar-refractivity contribution in [1.29, 1.82) is 0 Å². The number of ether oxygens (including phenoxy) is 1. The van der Waals surface area contributed by atoms with Crippen LogP contribution in [0.15, 0.2) is 41.3 Å². The summed E-state index contributed by atoms with van der Waals surface area (Å²) in [6, 6.07) is 13.9. The van der Waals surface area contributed by atoms with Crippen LogP contribution in [0.1, 0.15) is 20.8 Å². The Morgan fingerprint density at radius 3 is 2.16 bits per heavy atom. The molecule has 0 amide bonds. The van der Waals surface area contributed by atoms with Gasteiger partial charge in [0.15, 0.2) is 0 Å². The Balaban J connectivity index is 2.72. The normalized spacial score (nSPS) is 12.3. The summed E-state index contributed by atoms with van der Waals surface area (Å²) >= 11 is 0.266. The van der Waals surface area contributed by atoms with Crippen LogP contribution in [0.25, 0.3) is 0 Å². The molecular weight excluding hydrogens is 319 g/mol. The molecule has 0 heterocycles. The van der Waals surface area contributed by atoms with Crippen molar-refractivity contribution in [2.24, 2.45) is 0 Å². The molecule has 0 aliphatic carbocycles. The van der Waals surface area contributed by atoms with Gasteiger partial charge in [-0.15, -0.1) is 0 Å². The Bertz CT molecular complexity index is 380. The van der Waals surface area contributed by atoms with Gasteiger partial charge in [-0.2, -0.15) is 0 Å². The molecule has 0 N–H and O–H groups in total. The molecule has 0 aromatic heterocycles. The third-order valence-electron chi connectivity index (χ3n) is 3.49. The third kappa shape index (κ3) is 5.05. The maximum absolute atomic E-state index is 6.25. The zero-order valence-corrected chi connectivity index (χ0v) is 15.0. The van der Waals surface area contributed by atoms with E-state index in [1.807, 2.05) is 6.07 Å². The van der Waals surface area contributed by atoms with Crippen molar-refractivity contribution in [2.45, 2.75) is 38.9 Å². The molecule has 0 aliphatic rings. The number of rotatable bonds is 8. The zero-order valence-electron chi connectivity index (χ0n) is 12.3. The quantitative estimate of drug-likeness (QED) is 0.531. The van der Waals surface area contributed by atoms with Gasteiger partial charge in [-0.25, -0.2) is 0 Å². The molecule has 0 aliphatic heterocycles. The van der Waals surface area contributed by atoms with Crippen LogP contribution in [0.2, 0.25) is 18.1 Å². The zero-order chi connectivity index (χ0) is 14.1. The van der Waals surface area contributed by atoms with Gasteiger partial charge in [0.1, 0.15) is 0 Å². The van der Waals surface area contributed by atoms with Crippen LogP contribution < -0.4 is 4.46 Å². The van der Waals surface area contributed by atoms with Crippen LogP contribution in [-0.2, 0) is 9.16 Å². The Morgan fingerprint density at radius 1 is 1.11 bits per heavy atom. The molecule has 0 bridgehead atoms. The van der Waals surface area contributed by atoms with Gasteiger partial charge in [-0.1, -0.05) is 0 Å². The summed E-state index contributed by atoms with van der Waals surface area (Å²) in [4.78, 5) is 2.12. The van der Waals surface area contributed by atoms with Gasteiger partial charge in [-0.05, 0) is 0 Å². The molecule has 2 nitrogen and oxygen atoms in total. The molecule has 0 saturated carbocycles. The van der Waals surface area contributed by atoms with Crippen LogP contribution in [0, 0.1) is 0 Å². The van der Waals surface area contributed by atoms with E-state index in [0.717, 1.165) is 24.1 Å². The van der Waals surface area contributed by atoms with Crippen LogP contribution in [0.5, 0.6) is 0 Å². The van der Waals surface area contributed by atoms with Crippen molar-refractivity contribution in [3.8, 4) is 0 Å². The predicted octanol–water partition coefficient (Wildman–Crippen LogP) is 3.48. The predicted molar refractivity (Wildman–Crippen MR) is 85.2 cm³/mol. The van der Waals surface area contributed by atoms with Crippen LogP contribution in [0.4, 0.5) is 0 Å². The first-order chi connectivity index (χ1) is 9.19. The van der Waals surface area contributed by atoms with Crippen molar-refractivity contribution in [1.82, 2.24) is 0 Å². The van der Waals surface area contributed by atoms with Gasteiger partial charge in [-0.3, -0.25) is 0 Å². The summed E-state index contributed by atoms with van der Waals surface area (Å²) in [5, 5.41) is 0. The molecule has 1 aromatic carbocycles. The molecule has 0 fully saturated rings. The van der Waals surface area contributed by atoms with Gasteiger partial charge in [0.05, 0.1) is 0 Å². The first kappa shape index (κ1) is 16.4. The standard InChI is InChI=1S/C15H24O2SeSi/c1-5-19(6-2,7-3)17-15(16-4)13-18-14-11-9-8-10-12-14/h8-13H,5-7H2,1-4H3/b15-13-. The van der Waals surface area contributed by atoms with Crippen molar-refractivity contribution in [2.75, 3.05) is 7.11 Å². The van der Waals surface area contributed by atoms with E-state index in [1.54, 1.807) is 7.11 Å². The summed E-state index contributed by atoms with van der Waals surface area (Å²) in [7, 11) is 0.0785. The summed E-state index contributed by atoms with van der Waals surface area (Å²) in [6.45, 7) is 6.69. The minimum atomic E-state index is -1.62. The fourth-order valence-corrected chi connectivity index (χ4v) is 6.05.